The van der Waals surface area contributed by atoms with Crippen LogP contribution in [0.15, 0.2) is 45.6 Å². The predicted octanol–water partition coefficient (Wildman–Crippen LogP) is 2.31. The van der Waals surface area contributed by atoms with Crippen molar-refractivity contribution in [2.45, 2.75) is 20.4 Å². The van der Waals surface area contributed by atoms with Crippen molar-refractivity contribution in [3.8, 4) is 5.75 Å². The van der Waals surface area contributed by atoms with Crippen molar-refractivity contribution in [1.82, 2.24) is 9.88 Å². The number of hydrogen-bond acceptors (Lipinski definition) is 6. The summed E-state index contributed by atoms with van der Waals surface area (Å²) in [6.07, 6.45) is 0. The Bertz CT molecular complexity index is 1100. The molecule has 0 radical (unpaired) electrons. The third kappa shape index (κ3) is 4.20. The van der Waals surface area contributed by atoms with E-state index in [1.54, 1.807) is 0 Å². The van der Waals surface area contributed by atoms with Gasteiger partial charge in [-0.15, -0.1) is 0 Å². The minimum absolute atomic E-state index is 0.0604. The van der Waals surface area contributed by atoms with Gasteiger partial charge >= 0.3 is 5.76 Å². The number of aryl methyl sites for hydroxylation is 2. The molecule has 0 bridgehead atoms. The topological polar surface area (TPSA) is 117 Å². The molecule has 0 saturated heterocycles. The van der Waals surface area contributed by atoms with Crippen molar-refractivity contribution >= 4 is 22.7 Å². The maximum atomic E-state index is 12.1. The summed E-state index contributed by atoms with van der Waals surface area (Å²) in [7, 11) is 0. The minimum Gasteiger partial charge on any atom is -0.491 e. The van der Waals surface area contributed by atoms with E-state index in [1.807, 2.05) is 32.0 Å². The summed E-state index contributed by atoms with van der Waals surface area (Å²) in [4.78, 5) is 34.3. The van der Waals surface area contributed by atoms with Crippen molar-refractivity contribution in [1.29, 1.82) is 0 Å². The molecule has 146 valence electrons. The Labute approximate surface area is 159 Å². The van der Waals surface area contributed by atoms with E-state index in [0.29, 0.717) is 5.52 Å². The molecule has 28 heavy (non-hydrogen) atoms. The first kappa shape index (κ1) is 19.2. The molecule has 1 N–H and O–H groups in total. The molecule has 1 aromatic heterocycles. The number of fused-ring (bicyclic) bond motifs is 1. The molecule has 0 atom stereocenters. The van der Waals surface area contributed by atoms with E-state index in [9.17, 15) is 19.7 Å². The number of nitro groups is 1. The minimum atomic E-state index is -0.753. The first-order valence-corrected chi connectivity index (χ1v) is 8.59. The fourth-order valence-corrected chi connectivity index (χ4v) is 2.83. The number of nitrogens with zero attached hydrogens (tertiary/aromatic N) is 2. The largest absolute Gasteiger partial charge is 0.491 e. The predicted molar refractivity (Wildman–Crippen MR) is 102 cm³/mol. The second-order valence-electron chi connectivity index (χ2n) is 6.33. The Morgan fingerprint density at radius 2 is 2.04 bits per heavy atom. The standard InChI is InChI=1S/C19H19N3O6/c1-12-3-6-16(13(2)9-12)27-8-7-20-18(23)11-21-15-5-4-14(22(25)26)10-17(15)28-19(21)24/h3-6,9-10H,7-8,11H2,1-2H3,(H,20,23). The van der Waals surface area contributed by atoms with Gasteiger partial charge in [-0.3, -0.25) is 19.5 Å². The van der Waals surface area contributed by atoms with Crippen LogP contribution in [0.5, 0.6) is 5.75 Å². The molecule has 1 amide bonds. The fraction of sp³-hybridized carbons (Fsp3) is 0.263. The van der Waals surface area contributed by atoms with E-state index in [-0.39, 0.29) is 31.0 Å². The van der Waals surface area contributed by atoms with Crippen LogP contribution >= 0.6 is 0 Å². The molecule has 0 aliphatic rings. The number of aromatic nitrogens is 1. The lowest BCUT2D eigenvalue weighted by Gasteiger charge is -2.10. The zero-order valence-corrected chi connectivity index (χ0v) is 15.4. The molecule has 2 aromatic carbocycles. The number of non-ortho nitro benzene ring substituents is 1. The summed E-state index contributed by atoms with van der Waals surface area (Å²) in [5, 5.41) is 13.5. The third-order valence-electron chi connectivity index (χ3n) is 4.18. The first-order chi connectivity index (χ1) is 13.3. The molecule has 0 saturated carbocycles. The summed E-state index contributed by atoms with van der Waals surface area (Å²) < 4.78 is 11.8. The lowest BCUT2D eigenvalue weighted by molar-refractivity contribution is -0.384. The van der Waals surface area contributed by atoms with Crippen LogP contribution in [0.25, 0.3) is 11.1 Å². The normalized spacial score (nSPS) is 10.8. The summed E-state index contributed by atoms with van der Waals surface area (Å²) in [6, 6.07) is 9.63. The lowest BCUT2D eigenvalue weighted by Crippen LogP contribution is -2.33. The third-order valence-corrected chi connectivity index (χ3v) is 4.18. The fourth-order valence-electron chi connectivity index (χ4n) is 2.83. The van der Waals surface area contributed by atoms with Crippen LogP contribution in [0, 0.1) is 24.0 Å². The average Bonchev–Trinajstić information content (AvgIpc) is 2.94. The SMILES string of the molecule is Cc1ccc(OCCNC(=O)Cn2c(=O)oc3cc([N+](=O)[O-])ccc32)c(C)c1. The second kappa shape index (κ2) is 7.95. The highest BCUT2D eigenvalue weighted by Crippen LogP contribution is 2.20. The van der Waals surface area contributed by atoms with Crippen LogP contribution in [0.1, 0.15) is 11.1 Å². The number of nitrogens with one attached hydrogen (secondary N) is 1. The van der Waals surface area contributed by atoms with Crippen LogP contribution in [0.2, 0.25) is 0 Å². The van der Waals surface area contributed by atoms with Crippen molar-refractivity contribution in [3.63, 3.8) is 0 Å². The summed E-state index contributed by atoms with van der Waals surface area (Å²) in [6.45, 7) is 4.23. The monoisotopic (exact) mass is 385 g/mol. The molecule has 0 fully saturated rings. The number of carbonyl (C=O) groups is 1. The molecule has 1 heterocycles. The molecule has 3 aromatic rings. The van der Waals surface area contributed by atoms with Crippen molar-refractivity contribution in [2.75, 3.05) is 13.2 Å². The molecule has 0 aliphatic carbocycles. The molecule has 9 nitrogen and oxygen atoms in total. The van der Waals surface area contributed by atoms with Crippen molar-refractivity contribution < 1.29 is 18.9 Å². The Morgan fingerprint density at radius 1 is 1.25 bits per heavy atom. The number of rotatable bonds is 7. The van der Waals surface area contributed by atoms with Crippen LogP contribution in [-0.4, -0.2) is 28.5 Å². The Balaban J connectivity index is 1.58. The van der Waals surface area contributed by atoms with Gasteiger partial charge in [0.1, 0.15) is 18.9 Å². The maximum Gasteiger partial charge on any atom is 0.420 e. The van der Waals surface area contributed by atoms with Crippen LogP contribution in [0.3, 0.4) is 0 Å². The van der Waals surface area contributed by atoms with E-state index >= 15 is 0 Å². The number of nitro benzene ring substituents is 1. The van der Waals surface area contributed by atoms with Gasteiger partial charge in [0, 0.05) is 6.07 Å². The Morgan fingerprint density at radius 3 is 2.75 bits per heavy atom. The van der Waals surface area contributed by atoms with E-state index < -0.39 is 16.6 Å². The summed E-state index contributed by atoms with van der Waals surface area (Å²) in [5.41, 5.74) is 2.34. The van der Waals surface area contributed by atoms with Crippen LogP contribution in [0.4, 0.5) is 5.69 Å². The highest BCUT2D eigenvalue weighted by Gasteiger charge is 2.16. The van der Waals surface area contributed by atoms with E-state index in [1.165, 1.54) is 12.1 Å². The average molecular weight is 385 g/mol. The highest BCUT2D eigenvalue weighted by molar-refractivity contribution is 5.80. The van der Waals surface area contributed by atoms with Crippen molar-refractivity contribution in [2.24, 2.45) is 0 Å². The lowest BCUT2D eigenvalue weighted by atomic mass is 10.1. The second-order valence-corrected chi connectivity index (χ2v) is 6.33. The van der Waals surface area contributed by atoms with Gasteiger partial charge in [-0.2, -0.15) is 0 Å². The number of ether oxygens (including phenoxy) is 1. The van der Waals surface area contributed by atoms with Gasteiger partial charge in [0.2, 0.25) is 5.91 Å². The molecule has 0 spiro atoms. The van der Waals surface area contributed by atoms with E-state index in [2.05, 4.69) is 5.32 Å². The number of oxazole rings is 1. The Hall–Kier alpha value is -3.62. The molecule has 9 heteroatoms. The summed E-state index contributed by atoms with van der Waals surface area (Å²) >= 11 is 0. The number of carbonyl (C=O) groups excluding carboxylic acids is 1. The smallest absolute Gasteiger partial charge is 0.420 e. The Kier molecular flexibility index (Phi) is 5.44. The van der Waals surface area contributed by atoms with Gasteiger partial charge in [0.05, 0.1) is 23.1 Å². The molecule has 3 rings (SSSR count). The zero-order valence-electron chi connectivity index (χ0n) is 15.4. The van der Waals surface area contributed by atoms with Gasteiger partial charge in [0.15, 0.2) is 5.58 Å². The van der Waals surface area contributed by atoms with Gasteiger partial charge in [0.25, 0.3) is 5.69 Å². The van der Waals surface area contributed by atoms with Crippen LogP contribution in [-0.2, 0) is 11.3 Å². The molecule has 0 unspecified atom stereocenters. The molecular weight excluding hydrogens is 366 g/mol. The van der Waals surface area contributed by atoms with Gasteiger partial charge in [-0.05, 0) is 31.5 Å². The quantitative estimate of drug-likeness (QED) is 0.379. The summed E-state index contributed by atoms with van der Waals surface area (Å²) in [5.74, 6) is -0.400. The van der Waals surface area contributed by atoms with Crippen LogP contribution < -0.4 is 15.8 Å². The molecule has 0 aliphatic heterocycles. The van der Waals surface area contributed by atoms with E-state index in [4.69, 9.17) is 9.15 Å². The van der Waals surface area contributed by atoms with Crippen molar-refractivity contribution in [3.05, 3.63) is 68.2 Å². The first-order valence-electron chi connectivity index (χ1n) is 8.59. The molecular formula is C19H19N3O6. The highest BCUT2D eigenvalue weighted by atomic mass is 16.6. The zero-order chi connectivity index (χ0) is 20.3. The number of hydrogen-bond donors (Lipinski definition) is 1. The van der Waals surface area contributed by atoms with E-state index in [0.717, 1.165) is 27.5 Å². The van der Waals surface area contributed by atoms with Gasteiger partial charge in [-0.25, -0.2) is 4.79 Å². The van der Waals surface area contributed by atoms with Gasteiger partial charge in [-0.1, -0.05) is 17.7 Å². The number of amides is 1. The maximum absolute atomic E-state index is 12.1. The van der Waals surface area contributed by atoms with Gasteiger partial charge < -0.3 is 14.5 Å². The number of benzene rings is 2.